The monoisotopic (exact) mass is 502 g/mol. The third-order valence-electron chi connectivity index (χ3n) is 5.46. The summed E-state index contributed by atoms with van der Waals surface area (Å²) < 4.78 is 5.41. The van der Waals surface area contributed by atoms with Crippen LogP contribution in [0.3, 0.4) is 0 Å². The van der Waals surface area contributed by atoms with Gasteiger partial charge in [-0.25, -0.2) is 9.78 Å². The van der Waals surface area contributed by atoms with Gasteiger partial charge >= 0.3 is 13.1 Å². The lowest BCUT2D eigenvalue weighted by molar-refractivity contribution is -0.136. The molecule has 1 saturated heterocycles. The first-order valence-electron chi connectivity index (χ1n) is 10.7. The molecule has 0 aliphatic carbocycles. The SMILES string of the molecule is Nc1nc(/C(=N/OCC(=O)N2CCNCC2)C(=O)N[C@H]2Cc3cccc(C(=O)O)c3OB2O)cs1. The molecular weight excluding hydrogens is 479 g/mol. The fourth-order valence-electron chi connectivity index (χ4n) is 3.71. The number of nitrogen functional groups attached to an aromatic ring is 1. The van der Waals surface area contributed by atoms with Gasteiger partial charge in [-0.2, -0.15) is 0 Å². The highest BCUT2D eigenvalue weighted by Crippen LogP contribution is 2.30. The fourth-order valence-corrected chi connectivity index (χ4v) is 4.26. The highest BCUT2D eigenvalue weighted by atomic mass is 32.1. The highest BCUT2D eigenvalue weighted by Gasteiger charge is 2.38. The zero-order valence-electron chi connectivity index (χ0n) is 18.5. The molecule has 15 heteroatoms. The molecule has 1 atom stereocenters. The van der Waals surface area contributed by atoms with Crippen LogP contribution >= 0.6 is 11.3 Å². The summed E-state index contributed by atoms with van der Waals surface area (Å²) in [6, 6.07) is 4.56. The number of fused-ring (bicyclic) bond motifs is 1. The molecule has 1 aromatic heterocycles. The molecule has 1 fully saturated rings. The predicted molar refractivity (Wildman–Crippen MR) is 126 cm³/mol. The number of oxime groups is 1. The number of amides is 2. The van der Waals surface area contributed by atoms with Crippen LogP contribution in [-0.2, 0) is 20.8 Å². The van der Waals surface area contributed by atoms with Crippen LogP contribution in [0.25, 0.3) is 0 Å². The van der Waals surface area contributed by atoms with E-state index in [2.05, 4.69) is 20.8 Å². The number of aromatic carboxylic acids is 1. The zero-order valence-corrected chi connectivity index (χ0v) is 19.3. The maximum absolute atomic E-state index is 13.1. The molecule has 2 aliphatic heterocycles. The lowest BCUT2D eigenvalue weighted by atomic mass is 9.72. The second-order valence-electron chi connectivity index (χ2n) is 7.81. The largest absolute Gasteiger partial charge is 0.547 e. The normalized spacial score (nSPS) is 17.9. The van der Waals surface area contributed by atoms with Gasteiger partial charge in [-0.05, 0) is 18.1 Å². The number of anilines is 1. The first-order valence-corrected chi connectivity index (χ1v) is 11.6. The summed E-state index contributed by atoms with van der Waals surface area (Å²) in [6.07, 6.45) is 0.109. The minimum absolute atomic E-state index is 0.0499. The second-order valence-corrected chi connectivity index (χ2v) is 8.70. The molecule has 3 heterocycles. The average molecular weight is 502 g/mol. The predicted octanol–water partition coefficient (Wildman–Crippen LogP) is -1.28. The topological polar surface area (TPSA) is 189 Å². The molecule has 6 N–H and O–H groups in total. The third kappa shape index (κ3) is 5.70. The number of benzene rings is 1. The number of thiazole rings is 1. The van der Waals surface area contributed by atoms with Crippen molar-refractivity contribution in [3.8, 4) is 5.75 Å². The van der Waals surface area contributed by atoms with E-state index in [4.69, 9.17) is 15.2 Å². The van der Waals surface area contributed by atoms with Gasteiger partial charge in [-0.15, -0.1) is 11.3 Å². The third-order valence-corrected chi connectivity index (χ3v) is 6.13. The van der Waals surface area contributed by atoms with E-state index in [0.29, 0.717) is 31.7 Å². The molecule has 2 aromatic rings. The molecule has 4 rings (SSSR count). The van der Waals surface area contributed by atoms with E-state index in [9.17, 15) is 24.5 Å². The molecular formula is C20H23BN6O7S. The molecule has 2 amide bonds. The van der Waals surface area contributed by atoms with E-state index in [-0.39, 0.29) is 46.8 Å². The van der Waals surface area contributed by atoms with Crippen LogP contribution in [0.15, 0.2) is 28.7 Å². The Labute approximate surface area is 204 Å². The highest BCUT2D eigenvalue weighted by molar-refractivity contribution is 7.13. The first kappa shape index (κ1) is 24.4. The van der Waals surface area contributed by atoms with Gasteiger partial charge in [0.1, 0.15) is 11.4 Å². The number of carboxylic acids is 1. The number of nitrogens with two attached hydrogens (primary N) is 1. The Balaban J connectivity index is 1.47. The molecule has 0 radical (unpaired) electrons. The number of carboxylic acid groups (broad SMARTS) is 1. The van der Waals surface area contributed by atoms with E-state index in [1.165, 1.54) is 11.4 Å². The number of para-hydroxylation sites is 1. The quantitative estimate of drug-likeness (QED) is 0.173. The Hall–Kier alpha value is -3.69. The van der Waals surface area contributed by atoms with Crippen molar-refractivity contribution in [3.63, 3.8) is 0 Å². The van der Waals surface area contributed by atoms with E-state index >= 15 is 0 Å². The van der Waals surface area contributed by atoms with Crippen LogP contribution in [0.4, 0.5) is 5.13 Å². The van der Waals surface area contributed by atoms with E-state index < -0.39 is 24.9 Å². The van der Waals surface area contributed by atoms with E-state index in [1.807, 2.05) is 0 Å². The lowest BCUT2D eigenvalue weighted by Crippen LogP contribution is -2.54. The molecule has 0 unspecified atom stereocenters. The summed E-state index contributed by atoms with van der Waals surface area (Å²) in [5.74, 6) is -3.07. The standard InChI is InChI=1S/C20H23BN6O7S/c22-20-24-13(10-35-20)16(26-33-9-15(28)27-6-4-23-5-7-27)18(29)25-14-8-11-2-1-3-12(19(30)31)17(11)34-21(14)32/h1-3,10,14,23,32H,4-9H2,(H2,22,24)(H,25,29)(H,30,31)/b26-16-/t14-/m0/s1. The summed E-state index contributed by atoms with van der Waals surface area (Å²) in [4.78, 5) is 47.7. The summed E-state index contributed by atoms with van der Waals surface area (Å²) in [6.45, 7) is 2.10. The maximum Gasteiger partial charge on any atom is 0.547 e. The maximum atomic E-state index is 13.1. The van der Waals surface area contributed by atoms with Crippen LogP contribution in [0, 0.1) is 0 Å². The van der Waals surface area contributed by atoms with E-state index in [1.54, 1.807) is 17.0 Å². The Kier molecular flexibility index (Phi) is 7.48. The van der Waals surface area contributed by atoms with Gasteiger partial charge < -0.3 is 40.9 Å². The Morgan fingerprint density at radius 3 is 2.83 bits per heavy atom. The number of piperazine rings is 1. The number of hydrogen-bond acceptors (Lipinski definition) is 11. The van der Waals surface area contributed by atoms with Crippen LogP contribution in [-0.4, -0.2) is 89.4 Å². The van der Waals surface area contributed by atoms with Gasteiger partial charge in [0.2, 0.25) is 0 Å². The smallest absolute Gasteiger partial charge is 0.534 e. The summed E-state index contributed by atoms with van der Waals surface area (Å²) in [5.41, 5.74) is 6.02. The second kappa shape index (κ2) is 10.7. The molecule has 0 bridgehead atoms. The van der Waals surface area contributed by atoms with Crippen molar-refractivity contribution >= 4 is 47.1 Å². The minimum atomic E-state index is -1.51. The van der Waals surface area contributed by atoms with Gasteiger partial charge in [0, 0.05) is 31.6 Å². The molecule has 35 heavy (non-hydrogen) atoms. The molecule has 13 nitrogen and oxygen atoms in total. The summed E-state index contributed by atoms with van der Waals surface area (Å²) in [7, 11) is -1.51. The number of nitrogens with zero attached hydrogens (tertiary/aromatic N) is 3. The number of rotatable bonds is 7. The van der Waals surface area contributed by atoms with Crippen molar-refractivity contribution in [2.45, 2.75) is 12.4 Å². The van der Waals surface area contributed by atoms with Crippen molar-refractivity contribution in [2.24, 2.45) is 5.16 Å². The van der Waals surface area contributed by atoms with Gasteiger partial charge in [0.05, 0.1) is 11.5 Å². The molecule has 2 aliphatic rings. The Morgan fingerprint density at radius 1 is 1.37 bits per heavy atom. The van der Waals surface area contributed by atoms with Crippen LogP contribution in [0.2, 0.25) is 0 Å². The van der Waals surface area contributed by atoms with Crippen LogP contribution < -0.4 is 21.0 Å². The lowest BCUT2D eigenvalue weighted by Gasteiger charge is -2.28. The van der Waals surface area contributed by atoms with Crippen LogP contribution in [0.1, 0.15) is 21.6 Å². The molecule has 1 aromatic carbocycles. The number of carbonyl (C=O) groups is 3. The fraction of sp³-hybridized carbons (Fsp3) is 0.350. The van der Waals surface area contributed by atoms with Gasteiger partial charge in [0.25, 0.3) is 11.8 Å². The van der Waals surface area contributed by atoms with Gasteiger partial charge in [-0.1, -0.05) is 17.3 Å². The average Bonchev–Trinajstić information content (AvgIpc) is 3.27. The van der Waals surface area contributed by atoms with Crippen molar-refractivity contribution in [2.75, 3.05) is 38.5 Å². The number of aromatic nitrogens is 1. The molecule has 0 spiro atoms. The first-order chi connectivity index (χ1) is 16.8. The summed E-state index contributed by atoms with van der Waals surface area (Å²) in [5, 5.41) is 31.1. The van der Waals surface area contributed by atoms with E-state index in [0.717, 1.165) is 11.3 Å². The van der Waals surface area contributed by atoms with Crippen molar-refractivity contribution in [1.82, 2.24) is 20.5 Å². The van der Waals surface area contributed by atoms with Crippen molar-refractivity contribution in [3.05, 3.63) is 40.4 Å². The number of carbonyl (C=O) groups excluding carboxylic acids is 2. The summed E-state index contributed by atoms with van der Waals surface area (Å²) >= 11 is 1.09. The zero-order chi connectivity index (χ0) is 24.9. The molecule has 0 saturated carbocycles. The van der Waals surface area contributed by atoms with Crippen molar-refractivity contribution in [1.29, 1.82) is 0 Å². The van der Waals surface area contributed by atoms with Crippen molar-refractivity contribution < 1.29 is 34.0 Å². The number of nitrogens with one attached hydrogen (secondary N) is 2. The van der Waals surface area contributed by atoms with Gasteiger partial charge in [0.15, 0.2) is 17.5 Å². The Morgan fingerprint density at radius 2 is 2.14 bits per heavy atom. The minimum Gasteiger partial charge on any atom is -0.534 e. The molecule has 184 valence electrons. The van der Waals surface area contributed by atoms with Crippen LogP contribution in [0.5, 0.6) is 5.75 Å². The number of hydrogen-bond donors (Lipinski definition) is 5. The Bertz CT molecular complexity index is 1150. The van der Waals surface area contributed by atoms with Gasteiger partial charge in [-0.3, -0.25) is 9.59 Å².